The van der Waals surface area contributed by atoms with Crippen LogP contribution in [0.5, 0.6) is 0 Å². The molecule has 1 aromatic rings. The van der Waals surface area contributed by atoms with Crippen LogP contribution in [0.2, 0.25) is 0 Å². The van der Waals surface area contributed by atoms with Crippen LogP contribution >= 0.6 is 0 Å². The zero-order chi connectivity index (χ0) is 19.9. The second-order valence-corrected chi connectivity index (χ2v) is 6.69. The van der Waals surface area contributed by atoms with Crippen molar-refractivity contribution in [3.05, 3.63) is 24.3 Å². The Kier molecular flexibility index (Phi) is 6.30. The molecule has 3 rings (SSSR count). The minimum Gasteiger partial charge on any atom is -0.342 e. The Balaban J connectivity index is 1.47. The van der Waals surface area contributed by atoms with Gasteiger partial charge >= 0.3 is 12.1 Å². The highest BCUT2D eigenvalue weighted by molar-refractivity contribution is 5.91. The van der Waals surface area contributed by atoms with Crippen LogP contribution in [0.3, 0.4) is 0 Å². The van der Waals surface area contributed by atoms with Crippen LogP contribution in [0.25, 0.3) is 0 Å². The number of anilines is 2. The highest BCUT2D eigenvalue weighted by Crippen LogP contribution is 2.15. The summed E-state index contributed by atoms with van der Waals surface area (Å²) < 4.78 is 0. The summed E-state index contributed by atoms with van der Waals surface area (Å²) in [6.45, 7) is 4.11. The normalized spacial score (nSPS) is 17.1. The molecule has 0 unspecified atom stereocenters. The van der Waals surface area contributed by atoms with Crippen molar-refractivity contribution in [2.45, 2.75) is 0 Å². The molecular formula is C18H24N6O4. The molecule has 10 nitrogen and oxygen atoms in total. The smallest absolute Gasteiger partial charge is 0.321 e. The average Bonchev–Trinajstić information content (AvgIpc) is 2.75. The third kappa shape index (κ3) is 4.90. The van der Waals surface area contributed by atoms with E-state index in [1.165, 1.54) is 0 Å². The molecule has 2 aliphatic heterocycles. The van der Waals surface area contributed by atoms with Gasteiger partial charge in [-0.3, -0.25) is 9.59 Å². The molecule has 0 bridgehead atoms. The van der Waals surface area contributed by atoms with Gasteiger partial charge in [0.25, 0.3) is 0 Å². The lowest BCUT2D eigenvalue weighted by Gasteiger charge is -2.32. The van der Waals surface area contributed by atoms with Gasteiger partial charge in [0.1, 0.15) is 0 Å². The van der Waals surface area contributed by atoms with Gasteiger partial charge in [-0.25, -0.2) is 9.59 Å². The Morgan fingerprint density at radius 1 is 0.643 bits per heavy atom. The Morgan fingerprint density at radius 2 is 0.964 bits per heavy atom. The molecule has 0 aliphatic carbocycles. The average molecular weight is 388 g/mol. The number of nitrogens with one attached hydrogen (secondary N) is 2. The second kappa shape index (κ2) is 9.07. The Bertz CT molecular complexity index is 648. The summed E-state index contributed by atoms with van der Waals surface area (Å²) in [5.74, 6) is 0. The van der Waals surface area contributed by atoms with Gasteiger partial charge in [0, 0.05) is 63.7 Å². The van der Waals surface area contributed by atoms with Gasteiger partial charge < -0.3 is 30.2 Å². The molecule has 10 heteroatoms. The lowest BCUT2D eigenvalue weighted by atomic mass is 10.2. The molecule has 0 atom stereocenters. The van der Waals surface area contributed by atoms with E-state index in [1.807, 2.05) is 0 Å². The van der Waals surface area contributed by atoms with Crippen LogP contribution in [0.4, 0.5) is 21.0 Å². The number of carbonyl (C=O) groups excluding carboxylic acids is 4. The topological polar surface area (TPSA) is 105 Å². The summed E-state index contributed by atoms with van der Waals surface area (Å²) >= 11 is 0. The number of urea groups is 2. The molecule has 2 fully saturated rings. The summed E-state index contributed by atoms with van der Waals surface area (Å²) in [7, 11) is 0. The fourth-order valence-corrected chi connectivity index (χ4v) is 3.10. The van der Waals surface area contributed by atoms with Gasteiger partial charge in [0.15, 0.2) is 0 Å². The number of carbonyl (C=O) groups is 4. The first-order chi connectivity index (χ1) is 13.6. The first-order valence-electron chi connectivity index (χ1n) is 9.19. The van der Waals surface area contributed by atoms with Gasteiger partial charge in [-0.1, -0.05) is 0 Å². The minimum atomic E-state index is -0.213. The molecule has 0 spiro atoms. The van der Waals surface area contributed by atoms with Gasteiger partial charge in [-0.15, -0.1) is 0 Å². The van der Waals surface area contributed by atoms with E-state index in [9.17, 15) is 19.2 Å². The van der Waals surface area contributed by atoms with E-state index in [0.717, 1.165) is 12.8 Å². The van der Waals surface area contributed by atoms with E-state index in [-0.39, 0.29) is 12.1 Å². The Morgan fingerprint density at radius 3 is 1.25 bits per heavy atom. The molecule has 2 aliphatic rings. The molecule has 0 radical (unpaired) electrons. The Hall–Kier alpha value is -3.30. The maximum absolute atomic E-state index is 12.3. The van der Waals surface area contributed by atoms with Crippen molar-refractivity contribution in [1.82, 2.24) is 19.6 Å². The highest BCUT2D eigenvalue weighted by Gasteiger charge is 2.21. The number of hydrogen-bond donors (Lipinski definition) is 2. The largest absolute Gasteiger partial charge is 0.342 e. The fourth-order valence-electron chi connectivity index (χ4n) is 3.10. The van der Waals surface area contributed by atoms with Crippen molar-refractivity contribution < 1.29 is 19.2 Å². The van der Waals surface area contributed by atoms with Crippen molar-refractivity contribution in [1.29, 1.82) is 0 Å². The predicted octanol–water partition coefficient (Wildman–Crippen LogP) is 0.298. The third-order valence-electron chi connectivity index (χ3n) is 4.89. The maximum Gasteiger partial charge on any atom is 0.321 e. The van der Waals surface area contributed by atoms with Gasteiger partial charge in [-0.2, -0.15) is 0 Å². The number of piperazine rings is 2. The van der Waals surface area contributed by atoms with Crippen LogP contribution in [-0.2, 0) is 9.59 Å². The molecule has 2 N–H and O–H groups in total. The van der Waals surface area contributed by atoms with E-state index in [2.05, 4.69) is 10.6 Å². The van der Waals surface area contributed by atoms with Crippen LogP contribution in [0.1, 0.15) is 0 Å². The number of hydrogen-bond acceptors (Lipinski definition) is 4. The van der Waals surface area contributed by atoms with E-state index < -0.39 is 0 Å². The van der Waals surface area contributed by atoms with Crippen molar-refractivity contribution in [3.63, 3.8) is 0 Å². The molecule has 28 heavy (non-hydrogen) atoms. The molecular weight excluding hydrogens is 364 g/mol. The summed E-state index contributed by atoms with van der Waals surface area (Å²) in [6, 6.07) is 6.46. The Labute approximate surface area is 163 Å². The van der Waals surface area contributed by atoms with Crippen molar-refractivity contribution in [2.24, 2.45) is 0 Å². The first-order valence-corrected chi connectivity index (χ1v) is 9.19. The maximum atomic E-state index is 12.3. The SMILES string of the molecule is O=CN1CCN(C(=O)Nc2ccc(NC(=O)N3CCN(C=O)CC3)cc2)CC1. The van der Waals surface area contributed by atoms with Crippen molar-refractivity contribution >= 4 is 36.3 Å². The summed E-state index contributed by atoms with van der Waals surface area (Å²) in [5.41, 5.74) is 1.25. The summed E-state index contributed by atoms with van der Waals surface area (Å²) in [4.78, 5) is 52.6. The molecule has 2 saturated heterocycles. The molecule has 6 amide bonds. The molecule has 1 aromatic carbocycles. The van der Waals surface area contributed by atoms with Crippen LogP contribution in [0, 0.1) is 0 Å². The predicted molar refractivity (Wildman–Crippen MR) is 103 cm³/mol. The van der Waals surface area contributed by atoms with E-state index in [0.29, 0.717) is 63.7 Å². The third-order valence-corrected chi connectivity index (χ3v) is 4.89. The molecule has 2 heterocycles. The lowest BCUT2D eigenvalue weighted by molar-refractivity contribution is -0.120. The second-order valence-electron chi connectivity index (χ2n) is 6.69. The molecule has 0 aromatic heterocycles. The van der Waals surface area contributed by atoms with Gasteiger partial charge in [0.05, 0.1) is 0 Å². The van der Waals surface area contributed by atoms with Crippen molar-refractivity contribution in [2.75, 3.05) is 63.0 Å². The van der Waals surface area contributed by atoms with Gasteiger partial charge in [-0.05, 0) is 24.3 Å². The van der Waals surface area contributed by atoms with Crippen LogP contribution < -0.4 is 10.6 Å². The van der Waals surface area contributed by atoms with Gasteiger partial charge in [0.2, 0.25) is 12.8 Å². The minimum absolute atomic E-state index is 0.213. The standard InChI is InChI=1S/C18H24N6O4/c25-13-21-5-9-23(10-6-21)17(27)19-15-1-2-16(4-3-15)20-18(28)24-11-7-22(14-26)8-12-24/h1-4,13-14H,5-12H2,(H,19,27)(H,20,28). The monoisotopic (exact) mass is 388 g/mol. The van der Waals surface area contributed by atoms with Crippen LogP contribution in [0.15, 0.2) is 24.3 Å². The van der Waals surface area contributed by atoms with E-state index in [4.69, 9.17) is 0 Å². The first kappa shape index (κ1) is 19.5. The zero-order valence-corrected chi connectivity index (χ0v) is 15.5. The number of amides is 6. The molecule has 150 valence electrons. The summed E-state index contributed by atoms with van der Waals surface area (Å²) in [6.07, 6.45) is 1.59. The molecule has 0 saturated carbocycles. The zero-order valence-electron chi connectivity index (χ0n) is 15.5. The van der Waals surface area contributed by atoms with E-state index in [1.54, 1.807) is 43.9 Å². The lowest BCUT2D eigenvalue weighted by Crippen LogP contribution is -2.49. The van der Waals surface area contributed by atoms with E-state index >= 15 is 0 Å². The highest BCUT2D eigenvalue weighted by atomic mass is 16.2. The number of nitrogens with zero attached hydrogens (tertiary/aromatic N) is 4. The quantitative estimate of drug-likeness (QED) is 0.724. The number of rotatable bonds is 4. The summed E-state index contributed by atoms with van der Waals surface area (Å²) in [5, 5.41) is 5.64. The number of benzene rings is 1. The van der Waals surface area contributed by atoms with Crippen LogP contribution in [-0.4, -0.2) is 96.8 Å². The van der Waals surface area contributed by atoms with Crippen molar-refractivity contribution in [3.8, 4) is 0 Å². The fraction of sp³-hybridized carbons (Fsp3) is 0.444.